The molecular weight excluding hydrogens is 276 g/mol. The van der Waals surface area contributed by atoms with E-state index in [2.05, 4.69) is 0 Å². The Hall–Kier alpha value is -2.05. The van der Waals surface area contributed by atoms with Gasteiger partial charge in [-0.05, 0) is 24.7 Å². The summed E-state index contributed by atoms with van der Waals surface area (Å²) in [4.78, 5) is 37.5. The van der Waals surface area contributed by atoms with Crippen molar-refractivity contribution in [2.75, 3.05) is 26.2 Å². The third kappa shape index (κ3) is 2.59. The molecule has 0 aromatic carbocycles. The number of carbonyl (C=O) groups is 3. The van der Waals surface area contributed by atoms with Crippen LogP contribution < -0.4 is 0 Å². The standard InChI is InChI=1S/C14H18N2O5/c17-11-8-14(1-4-15(5-2-14)13(19)20)3-6-16(11)10-7-12(18)21-9-10/h7H,1-6,8-9H2,(H,19,20). The van der Waals surface area contributed by atoms with Crippen LogP contribution in [0, 0.1) is 5.41 Å². The van der Waals surface area contributed by atoms with Gasteiger partial charge in [-0.1, -0.05) is 0 Å². The van der Waals surface area contributed by atoms with Gasteiger partial charge in [0.1, 0.15) is 6.61 Å². The van der Waals surface area contributed by atoms with Crippen LogP contribution in [0.2, 0.25) is 0 Å². The molecule has 0 aromatic heterocycles. The Morgan fingerprint density at radius 2 is 1.86 bits per heavy atom. The smallest absolute Gasteiger partial charge is 0.407 e. The number of likely N-dealkylation sites (tertiary alicyclic amines) is 2. The summed E-state index contributed by atoms with van der Waals surface area (Å²) in [5.41, 5.74) is 0.562. The Morgan fingerprint density at radius 3 is 2.38 bits per heavy atom. The van der Waals surface area contributed by atoms with Crippen molar-refractivity contribution < 1.29 is 24.2 Å². The number of esters is 1. The van der Waals surface area contributed by atoms with Crippen molar-refractivity contribution in [3.63, 3.8) is 0 Å². The highest BCUT2D eigenvalue weighted by Crippen LogP contribution is 2.42. The fourth-order valence-corrected chi connectivity index (χ4v) is 3.40. The number of nitrogens with zero attached hydrogens (tertiary/aromatic N) is 2. The van der Waals surface area contributed by atoms with E-state index in [1.165, 1.54) is 11.0 Å². The lowest BCUT2D eigenvalue weighted by molar-refractivity contribution is -0.139. The molecule has 3 rings (SSSR count). The second-order valence-electron chi connectivity index (χ2n) is 5.99. The molecule has 0 aliphatic carbocycles. The van der Waals surface area contributed by atoms with Gasteiger partial charge in [-0.2, -0.15) is 0 Å². The number of hydrogen-bond acceptors (Lipinski definition) is 4. The van der Waals surface area contributed by atoms with E-state index < -0.39 is 12.1 Å². The van der Waals surface area contributed by atoms with Crippen LogP contribution in [0.15, 0.2) is 11.8 Å². The lowest BCUT2D eigenvalue weighted by Crippen LogP contribution is -2.49. The first-order chi connectivity index (χ1) is 9.99. The molecule has 1 N–H and O–H groups in total. The number of hydrogen-bond donors (Lipinski definition) is 1. The minimum Gasteiger partial charge on any atom is -0.465 e. The molecule has 0 bridgehead atoms. The highest BCUT2D eigenvalue weighted by molar-refractivity contribution is 5.88. The van der Waals surface area contributed by atoms with E-state index in [9.17, 15) is 14.4 Å². The molecule has 3 aliphatic heterocycles. The predicted molar refractivity (Wildman–Crippen MR) is 71.3 cm³/mol. The first kappa shape index (κ1) is 13.9. The number of carboxylic acid groups (broad SMARTS) is 1. The summed E-state index contributed by atoms with van der Waals surface area (Å²) in [6.45, 7) is 1.73. The van der Waals surface area contributed by atoms with Gasteiger partial charge in [0.15, 0.2) is 0 Å². The van der Waals surface area contributed by atoms with Crippen molar-refractivity contribution in [2.45, 2.75) is 25.7 Å². The Balaban J connectivity index is 1.64. The highest BCUT2D eigenvalue weighted by Gasteiger charge is 2.43. The molecule has 114 valence electrons. The minimum atomic E-state index is -0.889. The summed E-state index contributed by atoms with van der Waals surface area (Å²) in [5, 5.41) is 8.98. The Morgan fingerprint density at radius 1 is 1.19 bits per heavy atom. The molecule has 0 aromatic rings. The molecule has 2 saturated heterocycles. The number of cyclic esters (lactones) is 1. The summed E-state index contributed by atoms with van der Waals surface area (Å²) in [5.74, 6) is -0.387. The number of ether oxygens (including phenoxy) is 1. The van der Waals surface area contributed by atoms with Crippen LogP contribution in [0.4, 0.5) is 4.79 Å². The molecule has 21 heavy (non-hydrogen) atoms. The fraction of sp³-hybridized carbons (Fsp3) is 0.643. The number of carbonyl (C=O) groups excluding carboxylic acids is 2. The third-order valence-corrected chi connectivity index (χ3v) is 4.78. The van der Waals surface area contributed by atoms with E-state index in [4.69, 9.17) is 9.84 Å². The van der Waals surface area contributed by atoms with E-state index in [1.807, 2.05) is 0 Å². The second kappa shape index (κ2) is 5.05. The molecule has 2 amide bonds. The van der Waals surface area contributed by atoms with E-state index in [-0.39, 0.29) is 17.9 Å². The normalized spacial score (nSPS) is 25.0. The molecule has 7 heteroatoms. The Labute approximate surface area is 122 Å². The van der Waals surface area contributed by atoms with Gasteiger partial charge >= 0.3 is 12.1 Å². The van der Waals surface area contributed by atoms with Gasteiger partial charge in [0.05, 0.1) is 5.70 Å². The zero-order chi connectivity index (χ0) is 15.0. The van der Waals surface area contributed by atoms with Crippen molar-refractivity contribution in [1.82, 2.24) is 9.80 Å². The van der Waals surface area contributed by atoms with Crippen LogP contribution in [0.5, 0.6) is 0 Å². The number of amides is 2. The van der Waals surface area contributed by atoms with Gasteiger partial charge in [-0.3, -0.25) is 4.79 Å². The molecule has 7 nitrogen and oxygen atoms in total. The van der Waals surface area contributed by atoms with Gasteiger partial charge in [0, 0.05) is 32.1 Å². The van der Waals surface area contributed by atoms with Crippen LogP contribution in [0.3, 0.4) is 0 Å². The zero-order valence-corrected chi connectivity index (χ0v) is 11.7. The van der Waals surface area contributed by atoms with Crippen LogP contribution in [0.1, 0.15) is 25.7 Å². The van der Waals surface area contributed by atoms with Gasteiger partial charge in [-0.25, -0.2) is 9.59 Å². The lowest BCUT2D eigenvalue weighted by Gasteiger charge is -2.45. The molecular formula is C14H18N2O5. The maximum Gasteiger partial charge on any atom is 0.407 e. The maximum atomic E-state index is 12.4. The Bertz CT molecular complexity index is 519. The van der Waals surface area contributed by atoms with E-state index in [1.54, 1.807) is 4.90 Å². The van der Waals surface area contributed by atoms with E-state index in [0.29, 0.717) is 31.8 Å². The molecule has 3 aliphatic rings. The predicted octanol–water partition coefficient (Wildman–Crippen LogP) is 0.810. The second-order valence-corrected chi connectivity index (χ2v) is 5.99. The van der Waals surface area contributed by atoms with E-state index in [0.717, 1.165) is 19.3 Å². The number of rotatable bonds is 1. The quantitative estimate of drug-likeness (QED) is 0.723. The maximum absolute atomic E-state index is 12.4. The summed E-state index contributed by atoms with van der Waals surface area (Å²) in [7, 11) is 0. The summed E-state index contributed by atoms with van der Waals surface area (Å²) in [6, 6.07) is 0. The third-order valence-electron chi connectivity index (χ3n) is 4.78. The Kier molecular flexibility index (Phi) is 3.35. The molecule has 0 unspecified atom stereocenters. The monoisotopic (exact) mass is 294 g/mol. The largest absolute Gasteiger partial charge is 0.465 e. The first-order valence-corrected chi connectivity index (χ1v) is 7.15. The lowest BCUT2D eigenvalue weighted by atomic mass is 9.71. The van der Waals surface area contributed by atoms with Crippen molar-refractivity contribution in [2.24, 2.45) is 5.41 Å². The molecule has 1 spiro atoms. The number of piperidine rings is 2. The SMILES string of the molecule is O=C1C=C(N2CCC3(CCN(C(=O)O)CC3)CC2=O)CO1. The topological polar surface area (TPSA) is 87.2 Å². The van der Waals surface area contributed by atoms with Gasteiger partial charge in [0.2, 0.25) is 5.91 Å². The van der Waals surface area contributed by atoms with Crippen molar-refractivity contribution in [1.29, 1.82) is 0 Å². The van der Waals surface area contributed by atoms with Crippen LogP contribution >= 0.6 is 0 Å². The summed E-state index contributed by atoms with van der Waals surface area (Å²) >= 11 is 0. The van der Waals surface area contributed by atoms with Crippen LogP contribution in [-0.4, -0.2) is 59.1 Å². The van der Waals surface area contributed by atoms with Crippen LogP contribution in [0.25, 0.3) is 0 Å². The molecule has 0 atom stereocenters. The zero-order valence-electron chi connectivity index (χ0n) is 11.7. The first-order valence-electron chi connectivity index (χ1n) is 7.15. The fourth-order valence-electron chi connectivity index (χ4n) is 3.40. The molecule has 2 fully saturated rings. The van der Waals surface area contributed by atoms with E-state index >= 15 is 0 Å². The molecule has 0 saturated carbocycles. The average molecular weight is 294 g/mol. The summed E-state index contributed by atoms with van der Waals surface area (Å²) in [6.07, 6.45) is 3.22. The van der Waals surface area contributed by atoms with Gasteiger partial charge in [0.25, 0.3) is 0 Å². The molecule has 3 heterocycles. The van der Waals surface area contributed by atoms with Gasteiger partial charge in [-0.15, -0.1) is 0 Å². The average Bonchev–Trinajstić information content (AvgIpc) is 2.86. The van der Waals surface area contributed by atoms with Crippen molar-refractivity contribution in [3.8, 4) is 0 Å². The van der Waals surface area contributed by atoms with Crippen molar-refractivity contribution >= 4 is 18.0 Å². The van der Waals surface area contributed by atoms with Crippen molar-refractivity contribution in [3.05, 3.63) is 11.8 Å². The highest BCUT2D eigenvalue weighted by atomic mass is 16.5. The summed E-state index contributed by atoms with van der Waals surface area (Å²) < 4.78 is 4.85. The minimum absolute atomic E-state index is 0.00887. The molecule has 0 radical (unpaired) electrons. The van der Waals surface area contributed by atoms with Crippen LogP contribution in [-0.2, 0) is 14.3 Å². The van der Waals surface area contributed by atoms with Gasteiger partial charge < -0.3 is 19.6 Å².